The first-order chi connectivity index (χ1) is 9.61. The van der Waals surface area contributed by atoms with Crippen LogP contribution in [0.1, 0.15) is 21.5 Å². The molecule has 0 aromatic heterocycles. The number of nitrogens with one attached hydrogen (secondary N) is 1. The van der Waals surface area contributed by atoms with E-state index in [4.69, 9.17) is 10.4 Å². The van der Waals surface area contributed by atoms with E-state index in [2.05, 4.69) is 27.3 Å². The zero-order chi connectivity index (χ0) is 14.5. The van der Waals surface area contributed by atoms with E-state index in [0.717, 1.165) is 4.47 Å². The molecular formula is C15H11BrN2O2. The van der Waals surface area contributed by atoms with Crippen LogP contribution < -0.4 is 5.32 Å². The lowest BCUT2D eigenvalue weighted by molar-refractivity contribution is 0.0696. The van der Waals surface area contributed by atoms with Gasteiger partial charge in [0.15, 0.2) is 0 Å². The summed E-state index contributed by atoms with van der Waals surface area (Å²) >= 11 is 3.31. The monoisotopic (exact) mass is 330 g/mol. The van der Waals surface area contributed by atoms with Crippen molar-refractivity contribution in [1.82, 2.24) is 0 Å². The average Bonchev–Trinajstić information content (AvgIpc) is 2.46. The summed E-state index contributed by atoms with van der Waals surface area (Å²) in [6.45, 7) is 0.346. The van der Waals surface area contributed by atoms with E-state index in [0.29, 0.717) is 23.4 Å². The third kappa shape index (κ3) is 3.16. The van der Waals surface area contributed by atoms with Crippen molar-refractivity contribution in [2.45, 2.75) is 6.54 Å². The van der Waals surface area contributed by atoms with Gasteiger partial charge < -0.3 is 10.4 Å². The van der Waals surface area contributed by atoms with E-state index >= 15 is 0 Å². The average molecular weight is 331 g/mol. The lowest BCUT2D eigenvalue weighted by Gasteiger charge is -2.10. The topological polar surface area (TPSA) is 73.1 Å². The van der Waals surface area contributed by atoms with Crippen molar-refractivity contribution in [1.29, 1.82) is 5.26 Å². The van der Waals surface area contributed by atoms with Crippen molar-refractivity contribution in [3.8, 4) is 6.07 Å². The molecule has 0 fully saturated rings. The predicted octanol–water partition coefficient (Wildman–Crippen LogP) is 3.63. The molecule has 100 valence electrons. The second-order valence-corrected chi connectivity index (χ2v) is 5.03. The summed E-state index contributed by atoms with van der Waals surface area (Å²) in [5.74, 6) is -0.960. The SMILES string of the molecule is N#Cc1cc(Br)ccc1NCc1ccccc1C(=O)O. The molecule has 20 heavy (non-hydrogen) atoms. The van der Waals surface area contributed by atoms with E-state index in [9.17, 15) is 4.79 Å². The van der Waals surface area contributed by atoms with E-state index in [-0.39, 0.29) is 5.56 Å². The fourth-order valence-electron chi connectivity index (χ4n) is 1.84. The number of carboxylic acids is 1. The third-order valence-electron chi connectivity index (χ3n) is 2.82. The molecular weight excluding hydrogens is 320 g/mol. The van der Waals surface area contributed by atoms with Gasteiger partial charge in [0, 0.05) is 11.0 Å². The number of hydrogen-bond donors (Lipinski definition) is 2. The zero-order valence-corrected chi connectivity index (χ0v) is 12.0. The highest BCUT2D eigenvalue weighted by molar-refractivity contribution is 9.10. The van der Waals surface area contributed by atoms with Crippen LogP contribution in [0.15, 0.2) is 46.9 Å². The molecule has 2 aromatic carbocycles. The maximum atomic E-state index is 11.1. The number of halogens is 1. The summed E-state index contributed by atoms with van der Waals surface area (Å²) in [7, 11) is 0. The molecule has 2 N–H and O–H groups in total. The first-order valence-corrected chi connectivity index (χ1v) is 6.66. The minimum Gasteiger partial charge on any atom is -0.478 e. The minimum absolute atomic E-state index is 0.260. The van der Waals surface area contributed by atoms with Crippen molar-refractivity contribution in [3.63, 3.8) is 0 Å². The molecule has 5 heteroatoms. The Morgan fingerprint density at radius 3 is 2.75 bits per heavy atom. The van der Waals surface area contributed by atoms with Crippen LogP contribution in [0.5, 0.6) is 0 Å². The Morgan fingerprint density at radius 2 is 2.05 bits per heavy atom. The normalized spacial score (nSPS) is 9.80. The quantitative estimate of drug-likeness (QED) is 0.897. The zero-order valence-electron chi connectivity index (χ0n) is 10.4. The van der Waals surface area contributed by atoms with Gasteiger partial charge in [0.05, 0.1) is 16.8 Å². The Labute approximate surface area is 124 Å². The molecule has 0 saturated heterocycles. The van der Waals surface area contributed by atoms with Crippen molar-refractivity contribution >= 4 is 27.6 Å². The van der Waals surface area contributed by atoms with Crippen molar-refractivity contribution in [2.24, 2.45) is 0 Å². The predicted molar refractivity (Wildman–Crippen MR) is 79.6 cm³/mol. The molecule has 0 radical (unpaired) electrons. The molecule has 2 rings (SSSR count). The Hall–Kier alpha value is -2.32. The lowest BCUT2D eigenvalue weighted by Crippen LogP contribution is -2.07. The van der Waals surface area contributed by atoms with Crippen LogP contribution in [-0.2, 0) is 6.54 Å². The van der Waals surface area contributed by atoms with Gasteiger partial charge in [-0.2, -0.15) is 5.26 Å². The van der Waals surface area contributed by atoms with Crippen LogP contribution in [0.25, 0.3) is 0 Å². The Kier molecular flexibility index (Phi) is 4.38. The van der Waals surface area contributed by atoms with E-state index in [1.54, 1.807) is 36.4 Å². The first-order valence-electron chi connectivity index (χ1n) is 5.86. The summed E-state index contributed by atoms with van der Waals surface area (Å²) in [5, 5.41) is 21.3. The second kappa shape index (κ2) is 6.22. The van der Waals surface area contributed by atoms with Gasteiger partial charge in [0.1, 0.15) is 6.07 Å². The fraction of sp³-hybridized carbons (Fsp3) is 0.0667. The maximum Gasteiger partial charge on any atom is 0.336 e. The molecule has 0 amide bonds. The Bertz CT molecular complexity index is 693. The second-order valence-electron chi connectivity index (χ2n) is 4.12. The lowest BCUT2D eigenvalue weighted by atomic mass is 10.1. The van der Waals surface area contributed by atoms with Gasteiger partial charge in [-0.1, -0.05) is 34.1 Å². The molecule has 2 aromatic rings. The van der Waals surface area contributed by atoms with E-state index < -0.39 is 5.97 Å². The van der Waals surface area contributed by atoms with E-state index in [1.807, 2.05) is 6.07 Å². The number of nitrogens with zero attached hydrogens (tertiary/aromatic N) is 1. The summed E-state index contributed by atoms with van der Waals surface area (Å²) in [4.78, 5) is 11.1. The van der Waals surface area contributed by atoms with Gasteiger partial charge in [-0.05, 0) is 29.8 Å². The molecule has 0 bridgehead atoms. The molecule has 0 heterocycles. The molecule has 0 aliphatic heterocycles. The molecule has 0 aliphatic carbocycles. The summed E-state index contributed by atoms with van der Waals surface area (Å²) in [5.41, 5.74) is 2.12. The van der Waals surface area contributed by atoms with Gasteiger partial charge in [-0.3, -0.25) is 0 Å². The summed E-state index contributed by atoms with van der Waals surface area (Å²) in [6.07, 6.45) is 0. The molecule has 0 saturated carbocycles. The number of carbonyl (C=O) groups is 1. The van der Waals surface area contributed by atoms with Crippen LogP contribution >= 0.6 is 15.9 Å². The third-order valence-corrected chi connectivity index (χ3v) is 3.31. The minimum atomic E-state index is -0.960. The number of rotatable bonds is 4. The van der Waals surface area contributed by atoms with Crippen molar-refractivity contribution < 1.29 is 9.90 Å². The highest BCUT2D eigenvalue weighted by atomic mass is 79.9. The standard InChI is InChI=1S/C15H11BrN2O2/c16-12-5-6-14(11(7-12)8-17)18-9-10-3-1-2-4-13(10)15(19)20/h1-7,18H,9H2,(H,19,20). The van der Waals surface area contributed by atoms with Gasteiger partial charge in [-0.15, -0.1) is 0 Å². The molecule has 0 spiro atoms. The van der Waals surface area contributed by atoms with Gasteiger partial charge in [0.2, 0.25) is 0 Å². The Morgan fingerprint density at radius 1 is 1.30 bits per heavy atom. The highest BCUT2D eigenvalue weighted by Crippen LogP contribution is 2.21. The number of anilines is 1. The largest absolute Gasteiger partial charge is 0.478 e. The van der Waals surface area contributed by atoms with Crippen LogP contribution in [0.3, 0.4) is 0 Å². The van der Waals surface area contributed by atoms with E-state index in [1.165, 1.54) is 0 Å². The molecule has 0 atom stereocenters. The van der Waals surface area contributed by atoms with Crippen molar-refractivity contribution in [3.05, 3.63) is 63.6 Å². The van der Waals surface area contributed by atoms with Crippen LogP contribution in [0.2, 0.25) is 0 Å². The number of aromatic carboxylic acids is 1. The summed E-state index contributed by atoms with van der Waals surface area (Å²) in [6, 6.07) is 14.2. The van der Waals surface area contributed by atoms with Crippen LogP contribution in [-0.4, -0.2) is 11.1 Å². The fourth-order valence-corrected chi connectivity index (χ4v) is 2.20. The highest BCUT2D eigenvalue weighted by Gasteiger charge is 2.09. The Balaban J connectivity index is 2.22. The molecule has 0 aliphatic rings. The first kappa shape index (κ1) is 14.1. The van der Waals surface area contributed by atoms with Gasteiger partial charge in [0.25, 0.3) is 0 Å². The number of hydrogen-bond acceptors (Lipinski definition) is 3. The molecule has 0 unspecified atom stereocenters. The summed E-state index contributed by atoms with van der Waals surface area (Å²) < 4.78 is 0.825. The number of benzene rings is 2. The van der Waals surface area contributed by atoms with Gasteiger partial charge in [-0.25, -0.2) is 4.79 Å². The van der Waals surface area contributed by atoms with Gasteiger partial charge >= 0.3 is 5.97 Å². The van der Waals surface area contributed by atoms with Crippen molar-refractivity contribution in [2.75, 3.05) is 5.32 Å². The smallest absolute Gasteiger partial charge is 0.336 e. The molecule has 4 nitrogen and oxygen atoms in total. The number of nitriles is 1. The van der Waals surface area contributed by atoms with Crippen LogP contribution in [0.4, 0.5) is 5.69 Å². The van der Waals surface area contributed by atoms with Crippen LogP contribution in [0, 0.1) is 11.3 Å². The number of carboxylic acid groups (broad SMARTS) is 1. The maximum absolute atomic E-state index is 11.1.